The van der Waals surface area contributed by atoms with E-state index < -0.39 is 8.32 Å². The number of carbonyl (C=O) groups excluding carboxylic acids is 1. The molecule has 2 aromatic carbocycles. The molecule has 2 aliphatic rings. The summed E-state index contributed by atoms with van der Waals surface area (Å²) in [5.74, 6) is 2.94. The maximum Gasteiger partial charge on any atom is 0.250 e. The molecule has 33 heavy (non-hydrogen) atoms. The third-order valence-electron chi connectivity index (χ3n) is 7.07. The number of benzene rings is 2. The highest BCUT2D eigenvalue weighted by Gasteiger charge is 2.40. The molecule has 0 spiro atoms. The molecular weight excluding hydrogens is 452 g/mol. The number of carbonyl (C=O) groups is 1. The van der Waals surface area contributed by atoms with Crippen LogP contribution in [0.25, 0.3) is 5.57 Å². The third kappa shape index (κ3) is 4.99. The number of ether oxygens (including phenoxy) is 2. The molecule has 4 rings (SSSR count). The number of fused-ring (bicyclic) bond motifs is 3. The van der Waals surface area contributed by atoms with Crippen LogP contribution < -0.4 is 13.9 Å². The molecule has 0 fully saturated rings. The van der Waals surface area contributed by atoms with Crippen LogP contribution in [0, 0.1) is 5.92 Å². The lowest BCUT2D eigenvalue weighted by Crippen LogP contribution is -2.43. The van der Waals surface area contributed by atoms with Crippen molar-refractivity contribution in [2.45, 2.75) is 51.2 Å². The molecule has 1 aliphatic carbocycles. The molecule has 0 aromatic heterocycles. The van der Waals surface area contributed by atoms with Crippen LogP contribution in [0.1, 0.15) is 44.2 Å². The van der Waals surface area contributed by atoms with Gasteiger partial charge in [-0.15, -0.1) is 11.6 Å². The highest BCUT2D eigenvalue weighted by molar-refractivity contribution is 6.74. The molecule has 0 bridgehead atoms. The second kappa shape index (κ2) is 9.19. The molecule has 1 aliphatic heterocycles. The second-order valence-electron chi connectivity index (χ2n) is 10.4. The molecule has 0 N–H and O–H groups in total. The van der Waals surface area contributed by atoms with Crippen molar-refractivity contribution >= 4 is 31.3 Å². The van der Waals surface area contributed by atoms with Crippen LogP contribution in [0.4, 0.5) is 0 Å². The Labute approximate surface area is 203 Å². The second-order valence-corrected chi connectivity index (χ2v) is 15.5. The molecule has 176 valence electrons. The molecule has 2 aromatic rings. The van der Waals surface area contributed by atoms with Crippen LogP contribution >= 0.6 is 11.6 Å². The Morgan fingerprint density at radius 3 is 2.45 bits per heavy atom. The lowest BCUT2D eigenvalue weighted by atomic mass is 9.75. The van der Waals surface area contributed by atoms with Gasteiger partial charge in [0.05, 0.1) is 11.8 Å². The van der Waals surface area contributed by atoms with Gasteiger partial charge in [-0.2, -0.15) is 0 Å². The van der Waals surface area contributed by atoms with Crippen LogP contribution in [0.2, 0.25) is 18.1 Å². The van der Waals surface area contributed by atoms with E-state index in [1.807, 2.05) is 36.4 Å². The predicted octanol–water partition coefficient (Wildman–Crippen LogP) is 6.84. The van der Waals surface area contributed by atoms with E-state index in [1.165, 1.54) is 0 Å². The Bertz CT molecular complexity index is 1050. The van der Waals surface area contributed by atoms with E-state index in [9.17, 15) is 4.79 Å². The first-order chi connectivity index (χ1) is 15.6. The minimum Gasteiger partial charge on any atom is -0.543 e. The van der Waals surface area contributed by atoms with Crippen LogP contribution in [0.15, 0.2) is 48.5 Å². The summed E-state index contributed by atoms with van der Waals surface area (Å²) in [6, 6.07) is 14.0. The average molecular weight is 485 g/mol. The zero-order valence-electron chi connectivity index (χ0n) is 20.1. The fourth-order valence-electron chi connectivity index (χ4n) is 4.11. The number of alkyl halides is 1. The summed E-state index contributed by atoms with van der Waals surface area (Å²) in [5.41, 5.74) is 3.14. The highest BCUT2D eigenvalue weighted by atomic mass is 35.5. The first-order valence-corrected chi connectivity index (χ1v) is 15.0. The Morgan fingerprint density at radius 2 is 1.79 bits per heavy atom. The lowest BCUT2D eigenvalue weighted by molar-refractivity contribution is -0.122. The van der Waals surface area contributed by atoms with Gasteiger partial charge in [-0.05, 0) is 59.6 Å². The van der Waals surface area contributed by atoms with Crippen molar-refractivity contribution in [3.05, 3.63) is 59.7 Å². The zero-order chi connectivity index (χ0) is 23.8. The number of allylic oxidation sites excluding steroid dienone is 1. The lowest BCUT2D eigenvalue weighted by Gasteiger charge is -2.37. The van der Waals surface area contributed by atoms with Crippen molar-refractivity contribution < 1.29 is 18.7 Å². The normalized spacial score (nSPS) is 20.3. The molecule has 0 saturated carbocycles. The van der Waals surface area contributed by atoms with Gasteiger partial charge >= 0.3 is 0 Å². The summed E-state index contributed by atoms with van der Waals surface area (Å²) in [6.07, 6.45) is 2.73. The minimum absolute atomic E-state index is 0.0294. The topological polar surface area (TPSA) is 44.8 Å². The van der Waals surface area contributed by atoms with Gasteiger partial charge in [-0.3, -0.25) is 4.79 Å². The summed E-state index contributed by atoms with van der Waals surface area (Å²) < 4.78 is 18.1. The van der Waals surface area contributed by atoms with Crippen molar-refractivity contribution in [2.24, 2.45) is 5.92 Å². The molecule has 2 unspecified atom stereocenters. The summed E-state index contributed by atoms with van der Waals surface area (Å²) in [4.78, 5) is 13.1. The maximum absolute atomic E-state index is 13.1. The largest absolute Gasteiger partial charge is 0.543 e. The maximum atomic E-state index is 13.1. The van der Waals surface area contributed by atoms with Crippen LogP contribution in [0.3, 0.4) is 0 Å². The number of halogens is 1. The number of hydrogen-bond donors (Lipinski definition) is 0. The van der Waals surface area contributed by atoms with E-state index in [0.29, 0.717) is 25.5 Å². The first-order valence-electron chi connectivity index (χ1n) is 11.6. The number of Topliss-reactive ketones (excluding diaryl/α,β-unsaturated/α-hetero) is 1. The molecular formula is C27H33ClO4Si. The Morgan fingerprint density at radius 1 is 1.09 bits per heavy atom. The molecule has 2 atom stereocenters. The van der Waals surface area contributed by atoms with E-state index in [-0.39, 0.29) is 22.7 Å². The van der Waals surface area contributed by atoms with Gasteiger partial charge in [-0.1, -0.05) is 39.0 Å². The van der Waals surface area contributed by atoms with Crippen LogP contribution in [0.5, 0.6) is 17.2 Å². The average Bonchev–Trinajstić information content (AvgIpc) is 2.77. The molecule has 0 amide bonds. The monoisotopic (exact) mass is 484 g/mol. The van der Waals surface area contributed by atoms with Gasteiger partial charge < -0.3 is 13.9 Å². The number of hydrogen-bond acceptors (Lipinski definition) is 4. The fourth-order valence-corrected chi connectivity index (χ4v) is 5.21. The number of ketones is 1. The van der Waals surface area contributed by atoms with Crippen molar-refractivity contribution in [2.75, 3.05) is 19.1 Å². The zero-order valence-corrected chi connectivity index (χ0v) is 21.9. The van der Waals surface area contributed by atoms with Crippen molar-refractivity contribution in [3.63, 3.8) is 0 Å². The Hall–Kier alpha value is -2.24. The smallest absolute Gasteiger partial charge is 0.250 e. The van der Waals surface area contributed by atoms with E-state index >= 15 is 0 Å². The van der Waals surface area contributed by atoms with Gasteiger partial charge in [0, 0.05) is 17.9 Å². The summed E-state index contributed by atoms with van der Waals surface area (Å²) >= 11 is 5.71. The van der Waals surface area contributed by atoms with Crippen LogP contribution in [-0.2, 0) is 4.79 Å². The van der Waals surface area contributed by atoms with E-state index in [2.05, 4.69) is 46.0 Å². The van der Waals surface area contributed by atoms with Crippen molar-refractivity contribution in [1.29, 1.82) is 0 Å². The van der Waals surface area contributed by atoms with Crippen molar-refractivity contribution in [3.8, 4) is 17.2 Å². The Kier molecular flexibility index (Phi) is 6.65. The van der Waals surface area contributed by atoms with Gasteiger partial charge in [0.25, 0.3) is 0 Å². The molecule has 6 heteroatoms. The quantitative estimate of drug-likeness (QED) is 0.332. The molecule has 0 radical (unpaired) electrons. The van der Waals surface area contributed by atoms with Crippen molar-refractivity contribution in [1.82, 2.24) is 0 Å². The van der Waals surface area contributed by atoms with E-state index in [0.717, 1.165) is 33.9 Å². The summed E-state index contributed by atoms with van der Waals surface area (Å²) in [5, 5.41) is 0.104. The van der Waals surface area contributed by atoms with Gasteiger partial charge in [-0.25, -0.2) is 0 Å². The summed E-state index contributed by atoms with van der Waals surface area (Å²) in [6.45, 7) is 12.1. The van der Waals surface area contributed by atoms with Gasteiger partial charge in [0.2, 0.25) is 8.32 Å². The van der Waals surface area contributed by atoms with Crippen LogP contribution in [-0.4, -0.2) is 33.2 Å². The first kappa shape index (κ1) is 23.9. The predicted molar refractivity (Wildman–Crippen MR) is 136 cm³/mol. The molecule has 1 heterocycles. The summed E-state index contributed by atoms with van der Waals surface area (Å²) in [7, 11) is -1.98. The highest BCUT2D eigenvalue weighted by Crippen LogP contribution is 2.46. The molecule has 0 saturated heterocycles. The fraction of sp³-hybridized carbons (Fsp3) is 0.444. The van der Waals surface area contributed by atoms with Gasteiger partial charge in [0.15, 0.2) is 0 Å². The Balaban J connectivity index is 1.65. The SMILES string of the molecule is CC(C)(C)[Si](C)(C)Oc1ccc2c(c1)C1=CC(c3ccc(OCCCl)cc3)CC(=O)C1CO2. The minimum atomic E-state index is -1.98. The van der Waals surface area contributed by atoms with Gasteiger partial charge in [0.1, 0.15) is 36.2 Å². The third-order valence-corrected chi connectivity index (χ3v) is 11.6. The number of rotatable bonds is 6. The van der Waals surface area contributed by atoms with E-state index in [4.69, 9.17) is 25.5 Å². The molecule has 4 nitrogen and oxygen atoms in total. The van der Waals surface area contributed by atoms with E-state index in [1.54, 1.807) is 0 Å². The standard InChI is InChI=1S/C27H33ClO4Si/c1-27(2,3)33(4,5)32-21-10-11-26-23(16-21)22-14-19(15-25(29)24(22)17-31-26)18-6-8-20(9-7-18)30-13-12-28/h6-11,14,16,19,24H,12-13,15,17H2,1-5H3.